The molecule has 0 aromatic heterocycles. The number of nitrogens with zero attached hydrogens (tertiary/aromatic N) is 1. The van der Waals surface area contributed by atoms with Crippen LogP contribution in [-0.4, -0.2) is 34.7 Å². The van der Waals surface area contributed by atoms with Gasteiger partial charge < -0.3 is 9.64 Å². The zero-order valence-electron chi connectivity index (χ0n) is 14.9. The quantitative estimate of drug-likeness (QED) is 0.869. The Morgan fingerprint density at radius 2 is 1.92 bits per heavy atom. The van der Waals surface area contributed by atoms with Gasteiger partial charge >= 0.3 is 0 Å². The highest BCUT2D eigenvalue weighted by Crippen LogP contribution is 2.25. The molecule has 7 heteroatoms. The number of aryl methyl sites for hydroxylation is 1. The van der Waals surface area contributed by atoms with E-state index < -0.39 is 10.0 Å². The molecule has 1 atom stereocenters. The lowest BCUT2D eigenvalue weighted by Crippen LogP contribution is -2.48. The molecule has 26 heavy (non-hydrogen) atoms. The van der Waals surface area contributed by atoms with E-state index in [-0.39, 0.29) is 16.8 Å². The van der Waals surface area contributed by atoms with Crippen molar-refractivity contribution in [2.75, 3.05) is 25.1 Å². The molecule has 0 radical (unpaired) electrons. The highest BCUT2D eigenvalue weighted by molar-refractivity contribution is 7.89. The van der Waals surface area contributed by atoms with Crippen LogP contribution in [0, 0.1) is 12.7 Å². The summed E-state index contributed by atoms with van der Waals surface area (Å²) < 4.78 is 47.2. The van der Waals surface area contributed by atoms with E-state index in [1.165, 1.54) is 25.3 Å². The third-order valence-electron chi connectivity index (χ3n) is 4.56. The maximum Gasteiger partial charge on any atom is 0.240 e. The molecular weight excluding hydrogens is 355 g/mol. The Morgan fingerprint density at radius 3 is 2.62 bits per heavy atom. The fourth-order valence-corrected chi connectivity index (χ4v) is 4.46. The Hall–Kier alpha value is -2.12. The van der Waals surface area contributed by atoms with Crippen molar-refractivity contribution in [3.63, 3.8) is 0 Å². The molecule has 1 aliphatic rings. The molecule has 5 nitrogen and oxygen atoms in total. The summed E-state index contributed by atoms with van der Waals surface area (Å²) >= 11 is 0. The second-order valence-electron chi connectivity index (χ2n) is 6.54. The van der Waals surface area contributed by atoms with Crippen molar-refractivity contribution in [3.05, 3.63) is 53.8 Å². The van der Waals surface area contributed by atoms with Crippen LogP contribution in [0.1, 0.15) is 18.4 Å². The first-order valence-corrected chi connectivity index (χ1v) is 10.0. The van der Waals surface area contributed by atoms with Crippen molar-refractivity contribution in [1.82, 2.24) is 4.72 Å². The van der Waals surface area contributed by atoms with Gasteiger partial charge in [0.15, 0.2) is 0 Å². The SMILES string of the molecule is COc1ccc(S(=O)(=O)NC2CCCN(c3cc(C)ccc3F)C2)cc1. The van der Waals surface area contributed by atoms with E-state index >= 15 is 0 Å². The van der Waals surface area contributed by atoms with Gasteiger partial charge in [-0.2, -0.15) is 0 Å². The standard InChI is InChI=1S/C19H23FN2O3S/c1-14-5-10-18(20)19(12-14)22-11-3-4-15(13-22)21-26(23,24)17-8-6-16(25-2)7-9-17/h5-10,12,15,21H,3-4,11,13H2,1-2H3. The lowest BCUT2D eigenvalue weighted by atomic mass is 10.1. The van der Waals surface area contributed by atoms with Crippen molar-refractivity contribution in [3.8, 4) is 5.75 Å². The van der Waals surface area contributed by atoms with Crippen LogP contribution < -0.4 is 14.4 Å². The summed E-state index contributed by atoms with van der Waals surface area (Å²) in [6, 6.07) is 11.0. The molecule has 3 rings (SSSR count). The third kappa shape index (κ3) is 4.16. The molecule has 0 amide bonds. The second kappa shape index (κ2) is 7.63. The highest BCUT2D eigenvalue weighted by atomic mass is 32.2. The topological polar surface area (TPSA) is 58.6 Å². The molecule has 0 aliphatic carbocycles. The van der Waals surface area contributed by atoms with Gasteiger partial charge in [-0.25, -0.2) is 17.5 Å². The third-order valence-corrected chi connectivity index (χ3v) is 6.09. The van der Waals surface area contributed by atoms with Gasteiger partial charge in [-0.15, -0.1) is 0 Å². The number of anilines is 1. The number of ether oxygens (including phenoxy) is 1. The summed E-state index contributed by atoms with van der Waals surface area (Å²) in [6.45, 7) is 3.06. The van der Waals surface area contributed by atoms with E-state index in [1.54, 1.807) is 24.3 Å². The Bertz CT molecular complexity index is 869. The molecule has 1 heterocycles. The van der Waals surface area contributed by atoms with Crippen LogP contribution in [0.3, 0.4) is 0 Å². The summed E-state index contributed by atoms with van der Waals surface area (Å²) in [5, 5.41) is 0. The maximum absolute atomic E-state index is 14.2. The van der Waals surface area contributed by atoms with Gasteiger partial charge in [-0.05, 0) is 61.7 Å². The molecule has 0 spiro atoms. The number of piperidine rings is 1. The fraction of sp³-hybridized carbons (Fsp3) is 0.368. The van der Waals surface area contributed by atoms with Crippen LogP contribution in [-0.2, 0) is 10.0 Å². The van der Waals surface area contributed by atoms with E-state index in [0.29, 0.717) is 24.5 Å². The number of hydrogen-bond donors (Lipinski definition) is 1. The van der Waals surface area contributed by atoms with Crippen LogP contribution >= 0.6 is 0 Å². The van der Waals surface area contributed by atoms with Gasteiger partial charge in [0.1, 0.15) is 11.6 Å². The maximum atomic E-state index is 14.2. The summed E-state index contributed by atoms with van der Waals surface area (Å²) in [7, 11) is -2.10. The summed E-state index contributed by atoms with van der Waals surface area (Å²) in [5.74, 6) is 0.317. The molecular formula is C19H23FN2O3S. The average molecular weight is 378 g/mol. The number of methoxy groups -OCH3 is 1. The van der Waals surface area contributed by atoms with Crippen LogP contribution in [0.4, 0.5) is 10.1 Å². The molecule has 1 aliphatic heterocycles. The predicted octanol–water partition coefficient (Wildman–Crippen LogP) is 3.09. The minimum atomic E-state index is -3.63. The average Bonchev–Trinajstić information content (AvgIpc) is 2.63. The van der Waals surface area contributed by atoms with Gasteiger partial charge in [-0.1, -0.05) is 6.07 Å². The number of benzene rings is 2. The molecule has 1 saturated heterocycles. The molecule has 1 unspecified atom stereocenters. The van der Waals surface area contributed by atoms with Crippen LogP contribution in [0.5, 0.6) is 5.75 Å². The molecule has 1 N–H and O–H groups in total. The minimum Gasteiger partial charge on any atom is -0.497 e. The fourth-order valence-electron chi connectivity index (χ4n) is 3.20. The number of hydrogen-bond acceptors (Lipinski definition) is 4. The zero-order valence-corrected chi connectivity index (χ0v) is 15.7. The normalized spacial score (nSPS) is 18.0. The smallest absolute Gasteiger partial charge is 0.240 e. The largest absolute Gasteiger partial charge is 0.497 e. The van der Waals surface area contributed by atoms with Crippen molar-refractivity contribution in [2.45, 2.75) is 30.7 Å². The zero-order chi connectivity index (χ0) is 18.7. The lowest BCUT2D eigenvalue weighted by molar-refractivity contribution is 0.414. The van der Waals surface area contributed by atoms with Crippen molar-refractivity contribution in [2.24, 2.45) is 0 Å². The summed E-state index contributed by atoms with van der Waals surface area (Å²) in [6.07, 6.45) is 1.52. The Kier molecular flexibility index (Phi) is 5.48. The van der Waals surface area contributed by atoms with E-state index in [1.807, 2.05) is 11.8 Å². The van der Waals surface area contributed by atoms with Crippen molar-refractivity contribution >= 4 is 15.7 Å². The first kappa shape index (κ1) is 18.7. The summed E-state index contributed by atoms with van der Waals surface area (Å²) in [4.78, 5) is 2.10. The predicted molar refractivity (Wildman–Crippen MR) is 99.7 cm³/mol. The van der Waals surface area contributed by atoms with Gasteiger partial charge in [-0.3, -0.25) is 0 Å². The Balaban J connectivity index is 1.74. The van der Waals surface area contributed by atoms with E-state index in [9.17, 15) is 12.8 Å². The highest BCUT2D eigenvalue weighted by Gasteiger charge is 2.26. The minimum absolute atomic E-state index is 0.192. The number of nitrogens with one attached hydrogen (secondary N) is 1. The molecule has 2 aromatic carbocycles. The first-order valence-electron chi connectivity index (χ1n) is 8.56. The van der Waals surface area contributed by atoms with Crippen LogP contribution in [0.2, 0.25) is 0 Å². The Labute approximate surface area is 153 Å². The van der Waals surface area contributed by atoms with E-state index in [4.69, 9.17) is 4.74 Å². The van der Waals surface area contributed by atoms with Gasteiger partial charge in [0.2, 0.25) is 10.0 Å². The monoisotopic (exact) mass is 378 g/mol. The van der Waals surface area contributed by atoms with Gasteiger partial charge in [0, 0.05) is 19.1 Å². The van der Waals surface area contributed by atoms with E-state index in [2.05, 4.69) is 4.72 Å². The summed E-state index contributed by atoms with van der Waals surface area (Å²) in [5.41, 5.74) is 1.50. The van der Waals surface area contributed by atoms with Crippen LogP contribution in [0.25, 0.3) is 0 Å². The van der Waals surface area contributed by atoms with Crippen molar-refractivity contribution in [1.29, 1.82) is 0 Å². The Morgan fingerprint density at radius 1 is 1.19 bits per heavy atom. The number of sulfonamides is 1. The molecule has 140 valence electrons. The van der Waals surface area contributed by atoms with E-state index in [0.717, 1.165) is 18.4 Å². The molecule has 1 fully saturated rings. The van der Waals surface area contributed by atoms with Gasteiger partial charge in [0.05, 0.1) is 17.7 Å². The molecule has 2 aromatic rings. The number of rotatable bonds is 5. The first-order chi connectivity index (χ1) is 12.4. The second-order valence-corrected chi connectivity index (χ2v) is 8.25. The van der Waals surface area contributed by atoms with Crippen molar-refractivity contribution < 1.29 is 17.5 Å². The van der Waals surface area contributed by atoms with Crippen LogP contribution in [0.15, 0.2) is 47.4 Å². The lowest BCUT2D eigenvalue weighted by Gasteiger charge is -2.35. The molecule has 0 bridgehead atoms. The van der Waals surface area contributed by atoms with Gasteiger partial charge in [0.25, 0.3) is 0 Å². The molecule has 0 saturated carbocycles. The number of halogens is 1.